The second kappa shape index (κ2) is 3.07. The summed E-state index contributed by atoms with van der Waals surface area (Å²) in [6, 6.07) is 0. The van der Waals surface area contributed by atoms with Gasteiger partial charge in [-0.2, -0.15) is 0 Å². The largest absolute Gasteiger partial charge is 0.481 e. The highest BCUT2D eigenvalue weighted by Crippen LogP contribution is 2.57. The summed E-state index contributed by atoms with van der Waals surface area (Å²) >= 11 is 2.27. The lowest BCUT2D eigenvalue weighted by Crippen LogP contribution is -2.43. The van der Waals surface area contributed by atoms with Gasteiger partial charge in [-0.3, -0.25) is 4.79 Å². The van der Waals surface area contributed by atoms with Crippen LogP contribution in [0.2, 0.25) is 0 Å². The van der Waals surface area contributed by atoms with Gasteiger partial charge in [-0.05, 0) is 26.7 Å². The average molecular weight is 310 g/mol. The van der Waals surface area contributed by atoms with E-state index in [1.54, 1.807) is 0 Å². The molecule has 0 aliphatic carbocycles. The molecule has 0 aromatic heterocycles. The van der Waals surface area contributed by atoms with E-state index >= 15 is 0 Å². The Hall–Kier alpha value is 0.160. The number of halogens is 1. The number of carboxylic acid groups (broad SMARTS) is 1. The fourth-order valence-corrected chi connectivity index (χ4v) is 4.52. The lowest BCUT2D eigenvalue weighted by Gasteiger charge is -2.32. The van der Waals surface area contributed by atoms with Gasteiger partial charge in [0.1, 0.15) is 0 Å². The molecule has 2 fully saturated rings. The van der Waals surface area contributed by atoms with E-state index in [2.05, 4.69) is 29.5 Å². The Bertz CT molecular complexity index is 281. The summed E-state index contributed by atoms with van der Waals surface area (Å²) in [6.07, 6.45) is 1.88. The van der Waals surface area contributed by atoms with E-state index in [1.807, 2.05) is 6.92 Å². The number of carbonyl (C=O) groups is 1. The SMILES string of the molecule is CC12CCC(C)(O1)C(C(=O)O)C2CI. The molecule has 2 rings (SSSR count). The molecule has 0 aromatic carbocycles. The predicted octanol–water partition coefficient (Wildman–Crippen LogP) is 2.08. The molecule has 80 valence electrons. The second-order valence-corrected chi connectivity index (χ2v) is 5.68. The Morgan fingerprint density at radius 2 is 2.07 bits per heavy atom. The van der Waals surface area contributed by atoms with Crippen LogP contribution in [-0.4, -0.2) is 26.7 Å². The monoisotopic (exact) mass is 310 g/mol. The summed E-state index contributed by atoms with van der Waals surface area (Å²) in [6.45, 7) is 4.01. The van der Waals surface area contributed by atoms with Crippen molar-refractivity contribution in [2.75, 3.05) is 4.43 Å². The first kappa shape index (κ1) is 10.7. The summed E-state index contributed by atoms with van der Waals surface area (Å²) in [5, 5.41) is 9.23. The van der Waals surface area contributed by atoms with Gasteiger partial charge >= 0.3 is 5.97 Å². The van der Waals surface area contributed by atoms with Crippen LogP contribution in [0, 0.1) is 11.8 Å². The molecular formula is C10H15IO3. The number of aliphatic carboxylic acids is 1. The van der Waals surface area contributed by atoms with Crippen molar-refractivity contribution >= 4 is 28.6 Å². The summed E-state index contributed by atoms with van der Waals surface area (Å²) in [5.41, 5.74) is -0.616. The number of fused-ring (bicyclic) bond motifs is 2. The van der Waals surface area contributed by atoms with Crippen LogP contribution >= 0.6 is 22.6 Å². The van der Waals surface area contributed by atoms with Crippen LogP contribution in [0.25, 0.3) is 0 Å². The van der Waals surface area contributed by atoms with E-state index in [4.69, 9.17) is 4.74 Å². The lowest BCUT2D eigenvalue weighted by molar-refractivity contribution is -0.147. The third-order valence-corrected chi connectivity index (χ3v) is 4.81. The number of carboxylic acids is 1. The molecule has 4 atom stereocenters. The van der Waals surface area contributed by atoms with Gasteiger partial charge in [-0.1, -0.05) is 22.6 Å². The molecule has 2 bridgehead atoms. The quantitative estimate of drug-likeness (QED) is 0.627. The zero-order valence-corrected chi connectivity index (χ0v) is 10.6. The van der Waals surface area contributed by atoms with Gasteiger partial charge in [-0.15, -0.1) is 0 Å². The predicted molar refractivity (Wildman–Crippen MR) is 60.6 cm³/mol. The zero-order valence-electron chi connectivity index (χ0n) is 8.42. The normalized spacial score (nSPS) is 51.1. The van der Waals surface area contributed by atoms with Crippen molar-refractivity contribution in [1.29, 1.82) is 0 Å². The summed E-state index contributed by atoms with van der Waals surface area (Å²) in [5.74, 6) is -0.852. The highest BCUT2D eigenvalue weighted by molar-refractivity contribution is 14.1. The van der Waals surface area contributed by atoms with E-state index in [0.29, 0.717) is 0 Å². The smallest absolute Gasteiger partial charge is 0.309 e. The molecule has 3 nitrogen and oxygen atoms in total. The van der Waals surface area contributed by atoms with Crippen molar-refractivity contribution in [3.8, 4) is 0 Å². The molecule has 4 heteroatoms. The Kier molecular flexibility index (Phi) is 2.34. The van der Waals surface area contributed by atoms with Crippen LogP contribution in [-0.2, 0) is 9.53 Å². The van der Waals surface area contributed by atoms with Crippen LogP contribution < -0.4 is 0 Å². The number of alkyl halides is 1. The number of hydrogen-bond acceptors (Lipinski definition) is 2. The number of hydrogen-bond donors (Lipinski definition) is 1. The molecule has 0 amide bonds. The van der Waals surface area contributed by atoms with E-state index in [0.717, 1.165) is 17.3 Å². The highest BCUT2D eigenvalue weighted by atomic mass is 127. The maximum Gasteiger partial charge on any atom is 0.309 e. The van der Waals surface area contributed by atoms with E-state index in [1.165, 1.54) is 0 Å². The topological polar surface area (TPSA) is 46.5 Å². The van der Waals surface area contributed by atoms with Crippen molar-refractivity contribution < 1.29 is 14.6 Å². The maximum atomic E-state index is 11.2. The van der Waals surface area contributed by atoms with Crippen LogP contribution in [0.15, 0.2) is 0 Å². The number of ether oxygens (including phenoxy) is 1. The van der Waals surface area contributed by atoms with Crippen LogP contribution in [0.5, 0.6) is 0 Å². The first-order valence-electron chi connectivity index (χ1n) is 4.92. The van der Waals surface area contributed by atoms with Crippen molar-refractivity contribution in [1.82, 2.24) is 0 Å². The highest BCUT2D eigenvalue weighted by Gasteiger charge is 2.64. The zero-order chi connectivity index (χ0) is 10.6. The van der Waals surface area contributed by atoms with Crippen molar-refractivity contribution in [3.63, 3.8) is 0 Å². The van der Waals surface area contributed by atoms with Gasteiger partial charge in [0, 0.05) is 10.3 Å². The van der Waals surface area contributed by atoms with Gasteiger partial charge in [0.25, 0.3) is 0 Å². The number of rotatable bonds is 2. The fourth-order valence-electron chi connectivity index (χ4n) is 3.07. The van der Waals surface area contributed by atoms with E-state index in [-0.39, 0.29) is 17.4 Å². The van der Waals surface area contributed by atoms with Crippen molar-refractivity contribution in [2.24, 2.45) is 11.8 Å². The first-order valence-corrected chi connectivity index (χ1v) is 6.44. The first-order chi connectivity index (χ1) is 6.43. The molecular weight excluding hydrogens is 295 g/mol. The van der Waals surface area contributed by atoms with Gasteiger partial charge < -0.3 is 9.84 Å². The minimum atomic E-state index is -0.697. The average Bonchev–Trinajstić information content (AvgIpc) is 2.49. The Morgan fingerprint density at radius 3 is 2.50 bits per heavy atom. The maximum absolute atomic E-state index is 11.2. The summed E-state index contributed by atoms with van der Waals surface area (Å²) in [7, 11) is 0. The van der Waals surface area contributed by atoms with Crippen LogP contribution in [0.4, 0.5) is 0 Å². The molecule has 0 saturated carbocycles. The van der Waals surface area contributed by atoms with Crippen molar-refractivity contribution in [3.05, 3.63) is 0 Å². The Balaban J connectivity index is 2.37. The Morgan fingerprint density at radius 1 is 1.50 bits per heavy atom. The minimum absolute atomic E-state index is 0.166. The molecule has 0 radical (unpaired) electrons. The minimum Gasteiger partial charge on any atom is -0.481 e. The third-order valence-electron chi connectivity index (χ3n) is 3.86. The summed E-state index contributed by atoms with van der Waals surface area (Å²) < 4.78 is 6.80. The molecule has 2 saturated heterocycles. The van der Waals surface area contributed by atoms with Gasteiger partial charge in [0.05, 0.1) is 17.1 Å². The fraction of sp³-hybridized carbons (Fsp3) is 0.900. The Labute approximate surface area is 97.3 Å². The standard InChI is InChI=1S/C10H15IO3/c1-9-3-4-10(2,14-9)7(8(12)13)6(9)5-11/h6-7H,3-5H2,1-2H3,(H,12,13). The van der Waals surface area contributed by atoms with E-state index < -0.39 is 11.6 Å². The molecule has 0 aromatic rings. The second-order valence-electron chi connectivity index (χ2n) is 4.80. The lowest BCUT2D eigenvalue weighted by atomic mass is 9.68. The molecule has 14 heavy (non-hydrogen) atoms. The van der Waals surface area contributed by atoms with Crippen LogP contribution in [0.3, 0.4) is 0 Å². The van der Waals surface area contributed by atoms with Crippen LogP contribution in [0.1, 0.15) is 26.7 Å². The van der Waals surface area contributed by atoms with Gasteiger partial charge in [-0.25, -0.2) is 0 Å². The molecule has 4 unspecified atom stereocenters. The molecule has 2 heterocycles. The van der Waals surface area contributed by atoms with E-state index in [9.17, 15) is 9.90 Å². The molecule has 2 aliphatic rings. The van der Waals surface area contributed by atoms with Crippen molar-refractivity contribution in [2.45, 2.75) is 37.9 Å². The van der Waals surface area contributed by atoms with Gasteiger partial charge in [0.15, 0.2) is 0 Å². The molecule has 0 spiro atoms. The van der Waals surface area contributed by atoms with Gasteiger partial charge in [0.2, 0.25) is 0 Å². The molecule has 1 N–H and O–H groups in total. The molecule has 2 aliphatic heterocycles. The summed E-state index contributed by atoms with van der Waals surface area (Å²) in [4.78, 5) is 11.2. The third kappa shape index (κ3) is 1.23.